The van der Waals surface area contributed by atoms with E-state index in [-0.39, 0.29) is 5.92 Å². The number of aromatic nitrogens is 1. The Morgan fingerprint density at radius 2 is 2.25 bits per heavy atom. The summed E-state index contributed by atoms with van der Waals surface area (Å²) in [7, 11) is 1.71. The molecule has 1 aromatic rings. The predicted octanol–water partition coefficient (Wildman–Crippen LogP) is 2.06. The van der Waals surface area contributed by atoms with Gasteiger partial charge in [0, 0.05) is 51.0 Å². The second kappa shape index (κ2) is 5.80. The molecule has 2 heterocycles. The van der Waals surface area contributed by atoms with E-state index in [0.29, 0.717) is 13.2 Å². The molecular formula is C16H23NO3. The first-order chi connectivity index (χ1) is 9.77. The van der Waals surface area contributed by atoms with Gasteiger partial charge in [0.15, 0.2) is 0 Å². The summed E-state index contributed by atoms with van der Waals surface area (Å²) in [5.74, 6) is 0.0815. The smallest absolute Gasteiger partial charge is 0.0986 e. The van der Waals surface area contributed by atoms with E-state index in [1.165, 1.54) is 5.56 Å². The largest absolute Gasteiger partial charge is 0.389 e. The Bertz CT molecular complexity index is 457. The maximum absolute atomic E-state index is 11.0. The van der Waals surface area contributed by atoms with Crippen LogP contribution in [0.4, 0.5) is 0 Å². The third-order valence-electron chi connectivity index (χ3n) is 4.90. The Labute approximate surface area is 120 Å². The number of methoxy groups -OCH3 is 1. The molecule has 0 spiro atoms. The fourth-order valence-electron chi connectivity index (χ4n) is 3.66. The molecule has 4 heteroatoms. The lowest BCUT2D eigenvalue weighted by molar-refractivity contribution is -0.160. The standard InChI is InChI=1S/C16H23NO3/c1-19-16(7-10-20-11-8-16)15(18)13-6-2-4-12-5-3-9-17-14(12)13/h3,5,9,13,15,18H,2,4,6-8,10-11H2,1H3. The van der Waals surface area contributed by atoms with Crippen LogP contribution in [0.1, 0.15) is 42.9 Å². The molecule has 1 aromatic heterocycles. The third-order valence-corrected chi connectivity index (χ3v) is 4.90. The lowest BCUT2D eigenvalue weighted by Crippen LogP contribution is -2.51. The molecule has 0 bridgehead atoms. The molecule has 0 radical (unpaired) electrons. The van der Waals surface area contributed by atoms with E-state index in [2.05, 4.69) is 11.1 Å². The van der Waals surface area contributed by atoms with Gasteiger partial charge in [0.05, 0.1) is 11.7 Å². The van der Waals surface area contributed by atoms with Crippen molar-refractivity contribution in [3.8, 4) is 0 Å². The Balaban J connectivity index is 1.88. The first kappa shape index (κ1) is 14.0. The SMILES string of the molecule is COC1(C(O)C2CCCc3cccnc32)CCOCC1. The van der Waals surface area contributed by atoms with Crippen LogP contribution in [0.15, 0.2) is 18.3 Å². The molecule has 2 unspecified atom stereocenters. The molecule has 0 amide bonds. The third kappa shape index (κ3) is 2.36. The number of hydrogen-bond acceptors (Lipinski definition) is 4. The van der Waals surface area contributed by atoms with E-state index >= 15 is 0 Å². The van der Waals surface area contributed by atoms with Gasteiger partial charge >= 0.3 is 0 Å². The minimum atomic E-state index is -0.509. The van der Waals surface area contributed by atoms with Crippen molar-refractivity contribution in [2.75, 3.05) is 20.3 Å². The average Bonchev–Trinajstić information content (AvgIpc) is 2.54. The molecule has 20 heavy (non-hydrogen) atoms. The topological polar surface area (TPSA) is 51.6 Å². The Morgan fingerprint density at radius 3 is 3.00 bits per heavy atom. The fraction of sp³-hybridized carbons (Fsp3) is 0.688. The molecule has 1 fully saturated rings. The molecule has 2 atom stereocenters. The summed E-state index contributed by atoms with van der Waals surface area (Å²) in [5, 5.41) is 11.0. The van der Waals surface area contributed by atoms with Crippen molar-refractivity contribution in [1.29, 1.82) is 0 Å². The summed E-state index contributed by atoms with van der Waals surface area (Å²) in [4.78, 5) is 4.54. The summed E-state index contributed by atoms with van der Waals surface area (Å²) in [6.45, 7) is 1.32. The summed E-state index contributed by atoms with van der Waals surface area (Å²) in [6, 6.07) is 4.11. The van der Waals surface area contributed by atoms with E-state index in [4.69, 9.17) is 9.47 Å². The Kier molecular flexibility index (Phi) is 4.06. The Hall–Kier alpha value is -0.970. The lowest BCUT2D eigenvalue weighted by Gasteiger charge is -2.43. The second-order valence-corrected chi connectivity index (χ2v) is 5.87. The van der Waals surface area contributed by atoms with Crippen LogP contribution in [0.25, 0.3) is 0 Å². The van der Waals surface area contributed by atoms with Crippen molar-refractivity contribution < 1.29 is 14.6 Å². The van der Waals surface area contributed by atoms with Gasteiger partial charge in [-0.3, -0.25) is 4.98 Å². The van der Waals surface area contributed by atoms with Crippen molar-refractivity contribution >= 4 is 0 Å². The van der Waals surface area contributed by atoms with Gasteiger partial charge in [0.1, 0.15) is 0 Å². The van der Waals surface area contributed by atoms with Crippen LogP contribution in [-0.2, 0) is 15.9 Å². The zero-order chi connectivity index (χ0) is 14.0. The van der Waals surface area contributed by atoms with Gasteiger partial charge < -0.3 is 14.6 Å². The van der Waals surface area contributed by atoms with E-state index in [1.54, 1.807) is 7.11 Å². The van der Waals surface area contributed by atoms with Crippen LogP contribution in [0.5, 0.6) is 0 Å². The number of fused-ring (bicyclic) bond motifs is 1. The zero-order valence-corrected chi connectivity index (χ0v) is 12.0. The molecule has 1 aliphatic carbocycles. The number of aliphatic hydroxyl groups excluding tert-OH is 1. The number of aliphatic hydroxyl groups is 1. The summed E-state index contributed by atoms with van der Waals surface area (Å²) in [6.07, 6.45) is 5.98. The molecule has 3 rings (SSSR count). The van der Waals surface area contributed by atoms with Gasteiger partial charge in [-0.25, -0.2) is 0 Å². The predicted molar refractivity (Wildman–Crippen MR) is 75.7 cm³/mol. The summed E-state index contributed by atoms with van der Waals surface area (Å²) < 4.78 is 11.2. The normalized spacial score (nSPS) is 26.8. The summed E-state index contributed by atoms with van der Waals surface area (Å²) in [5.41, 5.74) is 1.87. The van der Waals surface area contributed by atoms with Gasteiger partial charge in [0.25, 0.3) is 0 Å². The number of pyridine rings is 1. The van der Waals surface area contributed by atoms with E-state index in [0.717, 1.165) is 37.8 Å². The fourth-order valence-corrected chi connectivity index (χ4v) is 3.66. The van der Waals surface area contributed by atoms with Crippen molar-refractivity contribution in [3.63, 3.8) is 0 Å². The highest BCUT2D eigenvalue weighted by atomic mass is 16.5. The second-order valence-electron chi connectivity index (χ2n) is 5.87. The monoisotopic (exact) mass is 277 g/mol. The first-order valence-electron chi connectivity index (χ1n) is 7.51. The van der Waals surface area contributed by atoms with Gasteiger partial charge in [-0.2, -0.15) is 0 Å². The van der Waals surface area contributed by atoms with Crippen molar-refractivity contribution in [3.05, 3.63) is 29.6 Å². The van der Waals surface area contributed by atoms with Crippen LogP contribution >= 0.6 is 0 Å². The van der Waals surface area contributed by atoms with Gasteiger partial charge in [0.2, 0.25) is 0 Å². The maximum atomic E-state index is 11.0. The van der Waals surface area contributed by atoms with Crippen molar-refractivity contribution in [2.45, 2.75) is 49.7 Å². The highest BCUT2D eigenvalue weighted by Crippen LogP contribution is 2.40. The molecule has 0 saturated carbocycles. The van der Waals surface area contributed by atoms with Gasteiger partial charge in [-0.15, -0.1) is 0 Å². The van der Waals surface area contributed by atoms with Crippen LogP contribution in [0.3, 0.4) is 0 Å². The number of nitrogens with zero attached hydrogens (tertiary/aromatic N) is 1. The molecule has 1 N–H and O–H groups in total. The summed E-state index contributed by atoms with van der Waals surface area (Å²) >= 11 is 0. The average molecular weight is 277 g/mol. The Morgan fingerprint density at radius 1 is 1.45 bits per heavy atom. The van der Waals surface area contributed by atoms with Crippen LogP contribution in [-0.4, -0.2) is 42.1 Å². The molecule has 110 valence electrons. The van der Waals surface area contributed by atoms with E-state index < -0.39 is 11.7 Å². The molecule has 1 saturated heterocycles. The number of aryl methyl sites for hydroxylation is 1. The highest BCUT2D eigenvalue weighted by molar-refractivity contribution is 5.28. The van der Waals surface area contributed by atoms with Crippen molar-refractivity contribution in [2.24, 2.45) is 0 Å². The molecule has 2 aliphatic rings. The molecule has 4 nitrogen and oxygen atoms in total. The lowest BCUT2D eigenvalue weighted by atomic mass is 9.74. The van der Waals surface area contributed by atoms with E-state index in [9.17, 15) is 5.11 Å². The van der Waals surface area contributed by atoms with Gasteiger partial charge in [-0.05, 0) is 30.9 Å². The number of rotatable bonds is 3. The number of hydrogen-bond donors (Lipinski definition) is 1. The molecule has 0 aromatic carbocycles. The van der Waals surface area contributed by atoms with Crippen LogP contribution in [0.2, 0.25) is 0 Å². The molecular weight excluding hydrogens is 254 g/mol. The maximum Gasteiger partial charge on any atom is 0.0986 e. The quantitative estimate of drug-likeness (QED) is 0.919. The van der Waals surface area contributed by atoms with Crippen LogP contribution in [0, 0.1) is 0 Å². The minimum absolute atomic E-state index is 0.0815. The zero-order valence-electron chi connectivity index (χ0n) is 12.0. The number of ether oxygens (including phenoxy) is 2. The van der Waals surface area contributed by atoms with Crippen molar-refractivity contribution in [1.82, 2.24) is 4.98 Å². The molecule has 1 aliphatic heterocycles. The first-order valence-corrected chi connectivity index (χ1v) is 7.51. The van der Waals surface area contributed by atoms with E-state index in [1.807, 2.05) is 12.3 Å². The van der Waals surface area contributed by atoms with Crippen LogP contribution < -0.4 is 0 Å². The minimum Gasteiger partial charge on any atom is -0.389 e. The van der Waals surface area contributed by atoms with Gasteiger partial charge in [-0.1, -0.05) is 6.07 Å². The highest BCUT2D eigenvalue weighted by Gasteiger charge is 2.45.